The molecule has 2 nitrogen and oxygen atoms in total. The Labute approximate surface area is 110 Å². The van der Waals surface area contributed by atoms with Crippen molar-refractivity contribution < 1.29 is 0 Å². The number of benzene rings is 2. The van der Waals surface area contributed by atoms with Crippen molar-refractivity contribution in [3.63, 3.8) is 0 Å². The van der Waals surface area contributed by atoms with E-state index in [1.165, 1.54) is 26.3 Å². The molecule has 0 aliphatic rings. The first-order valence-corrected chi connectivity index (χ1v) is 7.47. The average molecular weight is 279 g/mol. The Balaban J connectivity index is 2.29. The zero-order valence-electron chi connectivity index (χ0n) is 8.63. The molecule has 0 aliphatic carbocycles. The molecule has 0 amide bonds. The standard InChI is InChI=1S/C12H7ClN2S2/c13-11-12(16-17-15-11)14-10-7-3-5-8-4-1-2-6-9(8)10/h1-7H. The van der Waals surface area contributed by atoms with Crippen LogP contribution in [0.15, 0.2) is 47.5 Å². The van der Waals surface area contributed by atoms with Crippen LogP contribution in [0.3, 0.4) is 0 Å². The van der Waals surface area contributed by atoms with E-state index in [0.717, 1.165) is 15.7 Å². The van der Waals surface area contributed by atoms with E-state index in [1.54, 1.807) is 0 Å². The van der Waals surface area contributed by atoms with Gasteiger partial charge in [0.1, 0.15) is 0 Å². The van der Waals surface area contributed by atoms with Crippen LogP contribution in [0, 0.1) is 0 Å². The molecule has 0 bridgehead atoms. The summed E-state index contributed by atoms with van der Waals surface area (Å²) in [6.07, 6.45) is 0. The van der Waals surface area contributed by atoms with Gasteiger partial charge in [-0.2, -0.15) is 4.37 Å². The summed E-state index contributed by atoms with van der Waals surface area (Å²) in [5, 5.41) is 2.79. The Morgan fingerprint density at radius 1 is 1.06 bits per heavy atom. The summed E-state index contributed by atoms with van der Waals surface area (Å²) in [6, 6.07) is 14.2. The van der Waals surface area contributed by atoms with Crippen LogP contribution in [0.4, 0.5) is 5.69 Å². The summed E-state index contributed by atoms with van der Waals surface area (Å²) in [4.78, 5) is 4.56. The fourth-order valence-electron chi connectivity index (χ4n) is 1.64. The molecule has 3 aromatic rings. The van der Waals surface area contributed by atoms with E-state index in [1.807, 2.05) is 24.3 Å². The summed E-state index contributed by atoms with van der Waals surface area (Å²) in [7, 11) is 2.84. The highest BCUT2D eigenvalue weighted by molar-refractivity contribution is 7.66. The van der Waals surface area contributed by atoms with Crippen molar-refractivity contribution in [1.82, 2.24) is 4.37 Å². The molecule has 0 saturated carbocycles. The van der Waals surface area contributed by atoms with E-state index in [0.29, 0.717) is 5.15 Å². The van der Waals surface area contributed by atoms with Gasteiger partial charge >= 0.3 is 0 Å². The van der Waals surface area contributed by atoms with Crippen LogP contribution < -0.4 is 4.67 Å². The molecule has 0 saturated heterocycles. The topological polar surface area (TPSA) is 25.2 Å². The first-order chi connectivity index (χ1) is 8.34. The van der Waals surface area contributed by atoms with Gasteiger partial charge in [-0.05, 0) is 21.8 Å². The van der Waals surface area contributed by atoms with Gasteiger partial charge in [-0.25, -0.2) is 4.99 Å². The first-order valence-electron chi connectivity index (χ1n) is 4.98. The minimum Gasteiger partial charge on any atom is -0.233 e. The highest BCUT2D eigenvalue weighted by atomic mass is 35.5. The number of hydrogen-bond acceptors (Lipinski definition) is 4. The van der Waals surface area contributed by atoms with Gasteiger partial charge < -0.3 is 0 Å². The second-order valence-corrected chi connectivity index (χ2v) is 5.65. The van der Waals surface area contributed by atoms with Crippen LogP contribution in [0.2, 0.25) is 5.15 Å². The molecule has 0 aliphatic heterocycles. The van der Waals surface area contributed by atoms with E-state index in [-0.39, 0.29) is 0 Å². The summed E-state index contributed by atoms with van der Waals surface area (Å²) < 4.78 is 4.80. The molecule has 17 heavy (non-hydrogen) atoms. The summed E-state index contributed by atoms with van der Waals surface area (Å²) in [5.74, 6) is 0. The van der Waals surface area contributed by atoms with E-state index < -0.39 is 0 Å². The molecule has 84 valence electrons. The minimum absolute atomic E-state index is 0.480. The second-order valence-electron chi connectivity index (χ2n) is 3.46. The Kier molecular flexibility index (Phi) is 2.93. The molecule has 3 rings (SSSR count). The smallest absolute Gasteiger partial charge is 0.179 e. The molecule has 1 aromatic heterocycles. The summed E-state index contributed by atoms with van der Waals surface area (Å²) in [5.41, 5.74) is 0.932. The van der Waals surface area contributed by atoms with E-state index in [2.05, 4.69) is 27.6 Å². The zero-order chi connectivity index (χ0) is 11.7. The van der Waals surface area contributed by atoms with Crippen molar-refractivity contribution in [3.8, 4) is 0 Å². The number of aromatic nitrogens is 1. The average Bonchev–Trinajstić information content (AvgIpc) is 2.76. The molecule has 0 radical (unpaired) electrons. The Morgan fingerprint density at radius 2 is 1.88 bits per heavy atom. The maximum atomic E-state index is 5.96. The number of nitrogens with zero attached hydrogens (tertiary/aromatic N) is 2. The van der Waals surface area contributed by atoms with Gasteiger partial charge in [0, 0.05) is 15.9 Å². The normalized spacial score (nSPS) is 12.2. The Bertz CT molecular complexity index is 725. The third-order valence-corrected chi connectivity index (χ3v) is 4.57. The van der Waals surface area contributed by atoms with Gasteiger partial charge in [0.15, 0.2) is 9.82 Å². The molecule has 2 aromatic carbocycles. The zero-order valence-corrected chi connectivity index (χ0v) is 11.0. The number of rotatable bonds is 1. The third-order valence-electron chi connectivity index (χ3n) is 2.40. The third kappa shape index (κ3) is 2.11. The fraction of sp³-hybridized carbons (Fsp3) is 0. The largest absolute Gasteiger partial charge is 0.233 e. The van der Waals surface area contributed by atoms with Crippen LogP contribution in [0.5, 0.6) is 0 Å². The van der Waals surface area contributed by atoms with Gasteiger partial charge in [-0.3, -0.25) is 0 Å². The molecule has 0 spiro atoms. The van der Waals surface area contributed by atoms with Gasteiger partial charge in [0.25, 0.3) is 0 Å². The maximum Gasteiger partial charge on any atom is 0.179 e. The molecule has 0 fully saturated rings. The molecule has 1 heterocycles. The second kappa shape index (κ2) is 4.56. The minimum atomic E-state index is 0.480. The van der Waals surface area contributed by atoms with E-state index in [4.69, 9.17) is 11.6 Å². The molecular weight excluding hydrogens is 272 g/mol. The van der Waals surface area contributed by atoms with Crippen molar-refractivity contribution in [1.29, 1.82) is 0 Å². The lowest BCUT2D eigenvalue weighted by Gasteiger charge is -2.00. The first kappa shape index (κ1) is 10.9. The Morgan fingerprint density at radius 3 is 2.71 bits per heavy atom. The van der Waals surface area contributed by atoms with Crippen LogP contribution in [-0.2, 0) is 0 Å². The number of fused-ring (bicyclic) bond motifs is 1. The Hall–Kier alpha value is -1.23. The van der Waals surface area contributed by atoms with Gasteiger partial charge in [-0.1, -0.05) is 48.0 Å². The number of halogens is 1. The fourth-order valence-corrected chi connectivity index (χ4v) is 3.62. The quantitative estimate of drug-likeness (QED) is 0.611. The van der Waals surface area contributed by atoms with Crippen molar-refractivity contribution in [3.05, 3.63) is 52.3 Å². The van der Waals surface area contributed by atoms with Crippen LogP contribution in [0.1, 0.15) is 0 Å². The predicted octanol–water partition coefficient (Wildman–Crippen LogP) is 4.24. The highest BCUT2D eigenvalue weighted by Gasteiger charge is 2.01. The van der Waals surface area contributed by atoms with Crippen LogP contribution in [-0.4, -0.2) is 4.37 Å². The van der Waals surface area contributed by atoms with Crippen LogP contribution in [0.25, 0.3) is 10.8 Å². The van der Waals surface area contributed by atoms with Crippen LogP contribution >= 0.6 is 32.5 Å². The van der Waals surface area contributed by atoms with Gasteiger partial charge in [0.2, 0.25) is 0 Å². The van der Waals surface area contributed by atoms with Crippen molar-refractivity contribution in [2.75, 3.05) is 0 Å². The lowest BCUT2D eigenvalue weighted by Crippen LogP contribution is -1.92. The SMILES string of the molecule is Clc1nssc1=Nc1cccc2ccccc12. The monoisotopic (exact) mass is 278 g/mol. The molecule has 0 atom stereocenters. The lowest BCUT2D eigenvalue weighted by molar-refractivity contribution is 1.39. The maximum absolute atomic E-state index is 5.96. The molecule has 0 N–H and O–H groups in total. The molecular formula is C12H7ClN2S2. The van der Waals surface area contributed by atoms with Gasteiger partial charge in [0.05, 0.1) is 5.69 Å². The van der Waals surface area contributed by atoms with Crippen molar-refractivity contribution in [2.45, 2.75) is 0 Å². The van der Waals surface area contributed by atoms with E-state index >= 15 is 0 Å². The molecule has 0 unspecified atom stereocenters. The van der Waals surface area contributed by atoms with E-state index in [9.17, 15) is 0 Å². The van der Waals surface area contributed by atoms with Crippen molar-refractivity contribution >= 4 is 48.9 Å². The van der Waals surface area contributed by atoms with Crippen molar-refractivity contribution in [2.24, 2.45) is 4.99 Å². The lowest BCUT2D eigenvalue weighted by atomic mass is 10.1. The predicted molar refractivity (Wildman–Crippen MR) is 74.2 cm³/mol. The summed E-state index contributed by atoms with van der Waals surface area (Å²) in [6.45, 7) is 0. The number of hydrogen-bond donors (Lipinski definition) is 0. The summed E-state index contributed by atoms with van der Waals surface area (Å²) >= 11 is 5.96. The molecule has 5 heteroatoms. The highest BCUT2D eigenvalue weighted by Crippen LogP contribution is 2.25. The van der Waals surface area contributed by atoms with Gasteiger partial charge in [-0.15, -0.1) is 0 Å².